The lowest BCUT2D eigenvalue weighted by molar-refractivity contribution is -0.115. The first-order chi connectivity index (χ1) is 14.0. The molecule has 3 aromatic rings. The van der Waals surface area contributed by atoms with Gasteiger partial charge in [0.25, 0.3) is 5.91 Å². The van der Waals surface area contributed by atoms with Crippen molar-refractivity contribution < 1.29 is 23.1 Å². The van der Waals surface area contributed by atoms with Crippen LogP contribution in [0.4, 0.5) is 14.5 Å². The molecule has 2 aromatic carbocycles. The summed E-state index contributed by atoms with van der Waals surface area (Å²) in [4.78, 5) is 28.1. The van der Waals surface area contributed by atoms with E-state index in [0.29, 0.717) is 17.5 Å². The highest BCUT2D eigenvalue weighted by Gasteiger charge is 2.11. The predicted molar refractivity (Wildman–Crippen MR) is 102 cm³/mol. The van der Waals surface area contributed by atoms with E-state index >= 15 is 0 Å². The Kier molecular flexibility index (Phi) is 6.47. The molecule has 0 atom stereocenters. The second-order valence-electron chi connectivity index (χ2n) is 6.03. The van der Waals surface area contributed by atoms with Gasteiger partial charge in [-0.05, 0) is 36.4 Å². The SMILES string of the molecule is O=C(CNC(=O)c1cc(F)cc(F)c1)Nc1cccc(OCc2ccccn2)c1. The molecule has 6 nitrogen and oxygen atoms in total. The van der Waals surface area contributed by atoms with Crippen LogP contribution in [0.1, 0.15) is 16.1 Å². The van der Waals surface area contributed by atoms with Crippen LogP contribution in [0.15, 0.2) is 66.9 Å². The molecular weight excluding hydrogens is 380 g/mol. The van der Waals surface area contributed by atoms with Crippen molar-refractivity contribution in [2.75, 3.05) is 11.9 Å². The normalized spacial score (nSPS) is 10.3. The summed E-state index contributed by atoms with van der Waals surface area (Å²) in [7, 11) is 0. The van der Waals surface area contributed by atoms with E-state index in [1.807, 2.05) is 18.2 Å². The number of nitrogens with one attached hydrogen (secondary N) is 2. The van der Waals surface area contributed by atoms with E-state index in [1.54, 1.807) is 30.5 Å². The van der Waals surface area contributed by atoms with Crippen LogP contribution in [-0.4, -0.2) is 23.3 Å². The third kappa shape index (κ3) is 6.10. The van der Waals surface area contributed by atoms with E-state index in [1.165, 1.54) is 0 Å². The summed E-state index contributed by atoms with van der Waals surface area (Å²) in [5.41, 5.74) is 1.03. The number of amides is 2. The number of carbonyl (C=O) groups excluding carboxylic acids is 2. The number of rotatable bonds is 7. The highest BCUT2D eigenvalue weighted by atomic mass is 19.1. The molecule has 0 fully saturated rings. The van der Waals surface area contributed by atoms with Crippen molar-refractivity contribution >= 4 is 17.5 Å². The summed E-state index contributed by atoms with van der Waals surface area (Å²) < 4.78 is 32.0. The Labute approximate surface area is 165 Å². The van der Waals surface area contributed by atoms with E-state index in [2.05, 4.69) is 15.6 Å². The smallest absolute Gasteiger partial charge is 0.251 e. The van der Waals surface area contributed by atoms with Gasteiger partial charge >= 0.3 is 0 Å². The van der Waals surface area contributed by atoms with Crippen LogP contribution >= 0.6 is 0 Å². The molecule has 1 aromatic heterocycles. The molecule has 0 saturated carbocycles. The fraction of sp³-hybridized carbons (Fsp3) is 0.0952. The first kappa shape index (κ1) is 19.9. The minimum Gasteiger partial charge on any atom is -0.487 e. The minimum absolute atomic E-state index is 0.208. The molecule has 29 heavy (non-hydrogen) atoms. The Balaban J connectivity index is 1.52. The Morgan fingerprint density at radius 2 is 1.76 bits per heavy atom. The number of aromatic nitrogens is 1. The van der Waals surface area contributed by atoms with Crippen molar-refractivity contribution in [1.82, 2.24) is 10.3 Å². The number of ether oxygens (including phenoxy) is 1. The summed E-state index contributed by atoms with van der Waals surface area (Å²) in [5.74, 6) is -2.47. The Bertz CT molecular complexity index is 993. The largest absolute Gasteiger partial charge is 0.487 e. The average Bonchev–Trinajstić information content (AvgIpc) is 2.71. The van der Waals surface area contributed by atoms with Gasteiger partial charge in [0.2, 0.25) is 5.91 Å². The first-order valence-corrected chi connectivity index (χ1v) is 8.66. The van der Waals surface area contributed by atoms with Crippen LogP contribution in [0.3, 0.4) is 0 Å². The lowest BCUT2D eigenvalue weighted by atomic mass is 10.2. The van der Waals surface area contributed by atoms with Crippen molar-refractivity contribution in [3.8, 4) is 5.75 Å². The molecule has 0 aliphatic carbocycles. The van der Waals surface area contributed by atoms with Crippen LogP contribution in [0, 0.1) is 11.6 Å². The molecule has 8 heteroatoms. The molecule has 0 radical (unpaired) electrons. The van der Waals surface area contributed by atoms with Gasteiger partial charge < -0.3 is 15.4 Å². The molecule has 0 saturated heterocycles. The Morgan fingerprint density at radius 1 is 0.966 bits per heavy atom. The fourth-order valence-corrected chi connectivity index (χ4v) is 2.46. The van der Waals surface area contributed by atoms with Gasteiger partial charge in [0.1, 0.15) is 24.0 Å². The number of nitrogens with zero attached hydrogens (tertiary/aromatic N) is 1. The summed E-state index contributed by atoms with van der Waals surface area (Å²) in [6, 6.07) is 14.7. The molecule has 0 aliphatic rings. The molecule has 0 spiro atoms. The number of carbonyl (C=O) groups is 2. The highest BCUT2D eigenvalue weighted by Crippen LogP contribution is 2.18. The van der Waals surface area contributed by atoms with Crippen molar-refractivity contribution in [2.24, 2.45) is 0 Å². The van der Waals surface area contributed by atoms with Gasteiger partial charge in [-0.15, -0.1) is 0 Å². The van der Waals surface area contributed by atoms with Crippen molar-refractivity contribution in [3.05, 3.63) is 89.8 Å². The maximum atomic E-state index is 13.2. The Hall–Kier alpha value is -3.81. The van der Waals surface area contributed by atoms with E-state index in [-0.39, 0.29) is 18.7 Å². The zero-order chi connectivity index (χ0) is 20.6. The summed E-state index contributed by atoms with van der Waals surface area (Å²) >= 11 is 0. The van der Waals surface area contributed by atoms with Gasteiger partial charge in [0.05, 0.1) is 12.2 Å². The van der Waals surface area contributed by atoms with E-state index < -0.39 is 23.4 Å². The maximum absolute atomic E-state index is 13.2. The van der Waals surface area contributed by atoms with Crippen LogP contribution in [-0.2, 0) is 11.4 Å². The van der Waals surface area contributed by atoms with Gasteiger partial charge in [0, 0.05) is 29.6 Å². The molecule has 148 valence electrons. The number of benzene rings is 2. The van der Waals surface area contributed by atoms with Crippen LogP contribution in [0.2, 0.25) is 0 Å². The number of hydrogen-bond acceptors (Lipinski definition) is 4. The average molecular weight is 397 g/mol. The second-order valence-corrected chi connectivity index (χ2v) is 6.03. The van der Waals surface area contributed by atoms with Gasteiger partial charge in [-0.2, -0.15) is 0 Å². The van der Waals surface area contributed by atoms with Crippen molar-refractivity contribution in [1.29, 1.82) is 0 Å². The quantitative estimate of drug-likeness (QED) is 0.641. The monoisotopic (exact) mass is 397 g/mol. The standard InChI is InChI=1S/C21H17F2N3O3/c22-15-8-14(9-16(23)10-15)21(28)25-12-20(27)26-17-5-3-6-19(11-17)29-13-18-4-1-2-7-24-18/h1-11H,12-13H2,(H,25,28)(H,26,27). The third-order valence-electron chi connectivity index (χ3n) is 3.76. The Morgan fingerprint density at radius 3 is 2.48 bits per heavy atom. The zero-order valence-corrected chi connectivity index (χ0v) is 15.2. The first-order valence-electron chi connectivity index (χ1n) is 8.66. The summed E-state index contributed by atoms with van der Waals surface area (Å²) in [5, 5.41) is 4.92. The van der Waals surface area contributed by atoms with Crippen LogP contribution in [0.5, 0.6) is 5.75 Å². The lowest BCUT2D eigenvalue weighted by Gasteiger charge is -2.10. The van der Waals surface area contributed by atoms with Crippen LogP contribution in [0.25, 0.3) is 0 Å². The predicted octanol–water partition coefficient (Wildman–Crippen LogP) is 3.31. The third-order valence-corrected chi connectivity index (χ3v) is 3.76. The van der Waals surface area contributed by atoms with Gasteiger partial charge in [-0.1, -0.05) is 12.1 Å². The molecule has 1 heterocycles. The highest BCUT2D eigenvalue weighted by molar-refractivity contribution is 5.99. The van der Waals surface area contributed by atoms with E-state index in [4.69, 9.17) is 4.74 Å². The number of hydrogen-bond donors (Lipinski definition) is 2. The summed E-state index contributed by atoms with van der Waals surface area (Å²) in [6.45, 7) is -0.0888. The number of pyridine rings is 1. The number of anilines is 1. The molecule has 0 unspecified atom stereocenters. The molecular formula is C21H17F2N3O3. The van der Waals surface area contributed by atoms with Crippen molar-refractivity contribution in [3.63, 3.8) is 0 Å². The summed E-state index contributed by atoms with van der Waals surface area (Å²) in [6.07, 6.45) is 1.67. The van der Waals surface area contributed by atoms with Crippen molar-refractivity contribution in [2.45, 2.75) is 6.61 Å². The van der Waals surface area contributed by atoms with E-state index in [0.717, 1.165) is 17.8 Å². The topological polar surface area (TPSA) is 80.3 Å². The fourth-order valence-electron chi connectivity index (χ4n) is 2.46. The van der Waals surface area contributed by atoms with Crippen LogP contribution < -0.4 is 15.4 Å². The lowest BCUT2D eigenvalue weighted by Crippen LogP contribution is -2.33. The molecule has 3 rings (SSSR count). The molecule has 2 amide bonds. The van der Waals surface area contributed by atoms with E-state index in [9.17, 15) is 18.4 Å². The zero-order valence-electron chi connectivity index (χ0n) is 15.2. The second kappa shape index (κ2) is 9.41. The molecule has 2 N–H and O–H groups in total. The molecule has 0 aliphatic heterocycles. The van der Waals surface area contributed by atoms with Gasteiger partial charge in [-0.25, -0.2) is 8.78 Å². The minimum atomic E-state index is -0.873. The van der Waals surface area contributed by atoms with Gasteiger partial charge in [-0.3, -0.25) is 14.6 Å². The number of halogens is 2. The molecule has 0 bridgehead atoms. The van der Waals surface area contributed by atoms with Gasteiger partial charge in [0.15, 0.2) is 0 Å². The maximum Gasteiger partial charge on any atom is 0.251 e.